The van der Waals surface area contributed by atoms with Gasteiger partial charge in [-0.3, -0.25) is 20.3 Å². The SMILES string of the molecule is COC(=O)N[C@H](C(=O)NNCc1ccc(OC(F)(F)F)cc1)C(C)(C)C.O=C(Oc1ccc([N+](=O)[O-])cc1)O[C@H]1CO[C@H]2OCC[C@H]21. The molecular weight excluding hydrogens is 637 g/mol. The smallest absolute Gasteiger partial charge is 0.453 e. The molecule has 47 heavy (non-hydrogen) atoms. The summed E-state index contributed by atoms with van der Waals surface area (Å²) in [6.45, 7) is 6.34. The van der Waals surface area contributed by atoms with Crippen molar-refractivity contribution in [2.45, 2.75) is 58.5 Å². The van der Waals surface area contributed by atoms with Gasteiger partial charge in [0.2, 0.25) is 0 Å². The van der Waals surface area contributed by atoms with E-state index in [1.165, 1.54) is 55.6 Å². The maximum Gasteiger partial charge on any atom is 0.573 e. The van der Waals surface area contributed by atoms with E-state index in [9.17, 15) is 37.7 Å². The van der Waals surface area contributed by atoms with E-state index in [0.29, 0.717) is 12.2 Å². The second kappa shape index (κ2) is 16.2. The summed E-state index contributed by atoms with van der Waals surface area (Å²) in [6, 6.07) is 9.52. The Labute approximate surface area is 267 Å². The number of alkyl carbamates (subject to hydrolysis) is 1. The monoisotopic (exact) mass is 672 g/mol. The Morgan fingerprint density at radius 2 is 1.66 bits per heavy atom. The number of carbonyl (C=O) groups is 3. The molecule has 2 amide bonds. The summed E-state index contributed by atoms with van der Waals surface area (Å²) < 4.78 is 65.4. The molecule has 2 heterocycles. The van der Waals surface area contributed by atoms with Crippen molar-refractivity contribution in [3.05, 3.63) is 64.2 Å². The molecule has 15 nitrogen and oxygen atoms in total. The molecule has 0 spiro atoms. The molecule has 2 aliphatic heterocycles. The zero-order valence-corrected chi connectivity index (χ0v) is 25.8. The van der Waals surface area contributed by atoms with Crippen LogP contribution in [-0.4, -0.2) is 68.2 Å². The van der Waals surface area contributed by atoms with Gasteiger partial charge in [-0.1, -0.05) is 32.9 Å². The first kappa shape index (κ1) is 36.8. The van der Waals surface area contributed by atoms with Crippen molar-refractivity contribution in [2.24, 2.45) is 11.3 Å². The van der Waals surface area contributed by atoms with Gasteiger partial charge in [0.05, 0.1) is 31.2 Å². The Kier molecular flexibility index (Phi) is 12.7. The molecule has 0 aliphatic carbocycles. The number of nitro groups is 1. The molecule has 0 bridgehead atoms. The lowest BCUT2D eigenvalue weighted by molar-refractivity contribution is -0.384. The number of rotatable bonds is 9. The predicted molar refractivity (Wildman–Crippen MR) is 155 cm³/mol. The second-order valence-electron chi connectivity index (χ2n) is 11.3. The van der Waals surface area contributed by atoms with Crippen LogP contribution >= 0.6 is 0 Å². The number of nitro benzene ring substituents is 1. The third-order valence-corrected chi connectivity index (χ3v) is 6.72. The molecule has 0 aromatic heterocycles. The average molecular weight is 673 g/mol. The predicted octanol–water partition coefficient (Wildman–Crippen LogP) is 4.35. The lowest BCUT2D eigenvalue weighted by Crippen LogP contribution is -2.56. The van der Waals surface area contributed by atoms with Crippen LogP contribution in [0.5, 0.6) is 11.5 Å². The Balaban J connectivity index is 0.000000260. The number of nitrogens with one attached hydrogen (secondary N) is 3. The van der Waals surface area contributed by atoms with Gasteiger partial charge in [-0.15, -0.1) is 13.2 Å². The molecule has 0 radical (unpaired) electrons. The van der Waals surface area contributed by atoms with Gasteiger partial charge in [-0.2, -0.15) is 0 Å². The van der Waals surface area contributed by atoms with Crippen LogP contribution in [0.25, 0.3) is 0 Å². The number of non-ortho nitro benzene ring substituents is 1. The number of hydrogen-bond acceptors (Lipinski definition) is 12. The van der Waals surface area contributed by atoms with Crippen LogP contribution in [0.3, 0.4) is 0 Å². The van der Waals surface area contributed by atoms with Gasteiger partial charge in [0.1, 0.15) is 23.6 Å². The lowest BCUT2D eigenvalue weighted by Gasteiger charge is -2.29. The molecule has 18 heteroatoms. The summed E-state index contributed by atoms with van der Waals surface area (Å²) in [5.74, 6) is -0.599. The molecule has 2 aliphatic rings. The maximum atomic E-state index is 12.3. The lowest BCUT2D eigenvalue weighted by atomic mass is 9.86. The van der Waals surface area contributed by atoms with Gasteiger partial charge >= 0.3 is 18.6 Å². The number of carbonyl (C=O) groups excluding carboxylic acids is 3. The highest BCUT2D eigenvalue weighted by molar-refractivity contribution is 5.86. The number of hydrogen-bond donors (Lipinski definition) is 3. The van der Waals surface area contributed by atoms with Crippen LogP contribution in [-0.2, 0) is 30.3 Å². The molecule has 4 atom stereocenters. The minimum atomic E-state index is -4.75. The normalized spacial score (nSPS) is 19.3. The van der Waals surface area contributed by atoms with Crippen molar-refractivity contribution in [3.8, 4) is 11.5 Å². The molecule has 4 rings (SSSR count). The number of amides is 2. The van der Waals surface area contributed by atoms with E-state index in [1.54, 1.807) is 20.8 Å². The largest absolute Gasteiger partial charge is 0.573 e. The molecule has 2 aromatic rings. The van der Waals surface area contributed by atoms with E-state index < -0.39 is 40.9 Å². The van der Waals surface area contributed by atoms with Crippen LogP contribution in [0.15, 0.2) is 48.5 Å². The minimum absolute atomic E-state index is 0.0365. The summed E-state index contributed by atoms with van der Waals surface area (Å²) in [7, 11) is 1.19. The quantitative estimate of drug-likeness (QED) is 0.148. The molecule has 0 saturated carbocycles. The first-order valence-electron chi connectivity index (χ1n) is 14.1. The van der Waals surface area contributed by atoms with Gasteiger partial charge < -0.3 is 33.7 Å². The van der Waals surface area contributed by atoms with E-state index in [2.05, 4.69) is 25.6 Å². The van der Waals surface area contributed by atoms with Crippen LogP contribution in [0.2, 0.25) is 0 Å². The van der Waals surface area contributed by atoms with Gasteiger partial charge in [0.25, 0.3) is 11.6 Å². The molecular formula is C29H35F3N4O11. The summed E-state index contributed by atoms with van der Waals surface area (Å²) in [5, 5.41) is 13.0. The Bertz CT molecular complexity index is 1370. The van der Waals surface area contributed by atoms with Crippen LogP contribution in [0.1, 0.15) is 32.8 Å². The number of methoxy groups -OCH3 is 1. The van der Waals surface area contributed by atoms with Gasteiger partial charge in [0, 0.05) is 18.7 Å². The summed E-state index contributed by atoms with van der Waals surface area (Å²) >= 11 is 0. The van der Waals surface area contributed by atoms with E-state index in [0.717, 1.165) is 6.42 Å². The van der Waals surface area contributed by atoms with Crippen molar-refractivity contribution >= 4 is 23.8 Å². The summed E-state index contributed by atoms with van der Waals surface area (Å²) in [4.78, 5) is 45.3. The Morgan fingerprint density at radius 1 is 1.02 bits per heavy atom. The van der Waals surface area contributed by atoms with E-state index >= 15 is 0 Å². The Morgan fingerprint density at radius 3 is 2.23 bits per heavy atom. The number of halogens is 3. The summed E-state index contributed by atoms with van der Waals surface area (Å²) in [5.41, 5.74) is 5.08. The summed E-state index contributed by atoms with van der Waals surface area (Å²) in [6.07, 6.45) is -6.25. The number of nitrogens with zero attached hydrogens (tertiary/aromatic N) is 1. The number of benzene rings is 2. The van der Waals surface area contributed by atoms with E-state index in [4.69, 9.17) is 18.9 Å². The molecule has 2 fully saturated rings. The first-order valence-corrected chi connectivity index (χ1v) is 14.1. The van der Waals surface area contributed by atoms with Crippen molar-refractivity contribution < 1.29 is 60.9 Å². The number of fused-ring (bicyclic) bond motifs is 1. The Hall–Kier alpha value is -4.68. The van der Waals surface area contributed by atoms with Crippen LogP contribution in [0, 0.1) is 21.4 Å². The second-order valence-corrected chi connectivity index (χ2v) is 11.3. The zero-order valence-electron chi connectivity index (χ0n) is 25.8. The molecule has 3 N–H and O–H groups in total. The standard InChI is InChI=1S/C16H22F3N3O4.C13H13NO7/c1-15(2,3)12(21-14(24)25-4)13(23)22-20-9-10-5-7-11(8-6-10)26-16(17,18)19;15-13(20-9-3-1-8(2-4-9)14(16)17)21-11-7-19-12-10(11)5-6-18-12/h5-8,12,20H,9H2,1-4H3,(H,21,24)(H,22,23);1-4,10-12H,5-7H2/t12-;10-,11-,12+/m10/s1. The molecule has 2 saturated heterocycles. The van der Waals surface area contributed by atoms with E-state index in [1.807, 2.05) is 0 Å². The van der Waals surface area contributed by atoms with Crippen LogP contribution in [0.4, 0.5) is 28.4 Å². The van der Waals surface area contributed by atoms with Crippen molar-refractivity contribution in [1.29, 1.82) is 0 Å². The number of alkyl halides is 3. The fourth-order valence-electron chi connectivity index (χ4n) is 4.39. The third-order valence-electron chi connectivity index (χ3n) is 6.72. The molecule has 2 aromatic carbocycles. The van der Waals surface area contributed by atoms with Crippen molar-refractivity contribution in [3.63, 3.8) is 0 Å². The fourth-order valence-corrected chi connectivity index (χ4v) is 4.39. The zero-order chi connectivity index (χ0) is 34.8. The number of ether oxygens (including phenoxy) is 6. The van der Waals surface area contributed by atoms with Gasteiger partial charge in [-0.25, -0.2) is 15.0 Å². The van der Waals surface area contributed by atoms with Crippen molar-refractivity contribution in [2.75, 3.05) is 20.3 Å². The molecule has 258 valence electrons. The topological polar surface area (TPSA) is 186 Å². The highest BCUT2D eigenvalue weighted by atomic mass is 19.4. The van der Waals surface area contributed by atoms with E-state index in [-0.39, 0.29) is 48.6 Å². The van der Waals surface area contributed by atoms with Gasteiger partial charge in [-0.05, 0) is 41.7 Å². The number of hydrazine groups is 1. The van der Waals surface area contributed by atoms with Crippen LogP contribution < -0.4 is 25.6 Å². The highest BCUT2D eigenvalue weighted by Gasteiger charge is 2.44. The minimum Gasteiger partial charge on any atom is -0.453 e. The van der Waals surface area contributed by atoms with Crippen molar-refractivity contribution in [1.82, 2.24) is 16.2 Å². The highest BCUT2D eigenvalue weighted by Crippen LogP contribution is 2.33. The average Bonchev–Trinajstić information content (AvgIpc) is 3.61. The molecule has 0 unspecified atom stereocenters. The third kappa shape index (κ3) is 11.9. The maximum absolute atomic E-state index is 12.3. The first-order chi connectivity index (χ1) is 22.1. The van der Waals surface area contributed by atoms with Gasteiger partial charge in [0.15, 0.2) is 6.29 Å². The fraction of sp³-hybridized carbons (Fsp3) is 0.483.